The summed E-state index contributed by atoms with van der Waals surface area (Å²) in [7, 11) is 3.91. The number of ketones is 1. The van der Waals surface area contributed by atoms with Crippen LogP contribution in [0, 0.1) is 13.8 Å². The molecular weight excluding hydrogens is 470 g/mol. The highest BCUT2D eigenvalue weighted by Gasteiger charge is 2.46. The standard InChI is InChI=1S/C29H39N3O5/c1-9-37-28(36)23-17(2)21(18(3)30-23)25(33)22-24(19-11-13-20(14-12-19)29(4,5)6)32(27(35)26(22)34)16-10-15-31(7)8/h11-14,24,30,33H,9-10,15-16H2,1-8H3/t24-/m1/s1. The molecule has 0 bridgehead atoms. The van der Waals surface area contributed by atoms with Crippen molar-refractivity contribution in [2.24, 2.45) is 0 Å². The molecule has 1 aromatic heterocycles. The van der Waals surface area contributed by atoms with Gasteiger partial charge in [-0.3, -0.25) is 9.59 Å². The van der Waals surface area contributed by atoms with Crippen LogP contribution in [0.25, 0.3) is 5.76 Å². The molecule has 1 aromatic carbocycles. The van der Waals surface area contributed by atoms with E-state index in [0.717, 1.165) is 17.7 Å². The third kappa shape index (κ3) is 5.64. The van der Waals surface area contributed by atoms with E-state index in [2.05, 4.69) is 25.8 Å². The minimum Gasteiger partial charge on any atom is -0.507 e. The molecular formula is C29H39N3O5. The number of likely N-dealkylation sites (tertiary alicyclic amines) is 1. The van der Waals surface area contributed by atoms with Crippen molar-refractivity contribution in [3.63, 3.8) is 0 Å². The summed E-state index contributed by atoms with van der Waals surface area (Å²) in [6.45, 7) is 12.8. The van der Waals surface area contributed by atoms with Crippen LogP contribution in [0.2, 0.25) is 0 Å². The first kappa shape index (κ1) is 28.2. The van der Waals surface area contributed by atoms with Crippen molar-refractivity contribution in [2.45, 2.75) is 59.4 Å². The van der Waals surface area contributed by atoms with Gasteiger partial charge >= 0.3 is 5.97 Å². The Labute approximate surface area is 219 Å². The molecule has 0 unspecified atom stereocenters. The van der Waals surface area contributed by atoms with Crippen molar-refractivity contribution in [1.29, 1.82) is 0 Å². The third-order valence-electron chi connectivity index (χ3n) is 6.79. The van der Waals surface area contributed by atoms with E-state index < -0.39 is 23.7 Å². The maximum atomic E-state index is 13.4. The summed E-state index contributed by atoms with van der Waals surface area (Å²) in [5.74, 6) is -2.20. The zero-order valence-electron chi connectivity index (χ0n) is 23.2. The molecule has 8 nitrogen and oxygen atoms in total. The number of Topliss-reactive ketones (excluding diaryl/α,β-unsaturated/α-hetero) is 1. The van der Waals surface area contributed by atoms with Gasteiger partial charge in [-0.15, -0.1) is 0 Å². The van der Waals surface area contributed by atoms with Gasteiger partial charge in [0.15, 0.2) is 0 Å². The van der Waals surface area contributed by atoms with Crippen molar-refractivity contribution in [2.75, 3.05) is 33.8 Å². The predicted octanol–water partition coefficient (Wildman–Crippen LogP) is 4.48. The van der Waals surface area contributed by atoms with Gasteiger partial charge in [0.1, 0.15) is 11.5 Å². The number of aromatic nitrogens is 1. The molecule has 8 heteroatoms. The molecule has 200 valence electrons. The summed E-state index contributed by atoms with van der Waals surface area (Å²) < 4.78 is 5.13. The lowest BCUT2D eigenvalue weighted by atomic mass is 9.85. The SMILES string of the molecule is CCOC(=O)c1[nH]c(C)c(C(O)=C2C(=O)C(=O)N(CCCN(C)C)[C@@H]2c2ccc(C(C)(C)C)cc2)c1C. The van der Waals surface area contributed by atoms with E-state index in [1.54, 1.807) is 25.7 Å². The van der Waals surface area contributed by atoms with Crippen LogP contribution in [0.4, 0.5) is 0 Å². The Kier molecular flexibility index (Phi) is 8.32. The van der Waals surface area contributed by atoms with Gasteiger partial charge in [0, 0.05) is 17.8 Å². The number of aryl methyl sites for hydroxylation is 1. The largest absolute Gasteiger partial charge is 0.507 e. The Bertz CT molecular complexity index is 1220. The van der Waals surface area contributed by atoms with E-state index in [4.69, 9.17) is 4.74 Å². The average molecular weight is 510 g/mol. The second-order valence-corrected chi connectivity index (χ2v) is 10.9. The fourth-order valence-corrected chi connectivity index (χ4v) is 4.83. The molecule has 1 aliphatic rings. The molecule has 2 N–H and O–H groups in total. The van der Waals surface area contributed by atoms with Gasteiger partial charge in [-0.25, -0.2) is 4.79 Å². The molecule has 2 aromatic rings. The van der Waals surface area contributed by atoms with Gasteiger partial charge in [0.2, 0.25) is 0 Å². The summed E-state index contributed by atoms with van der Waals surface area (Å²) >= 11 is 0. The zero-order valence-corrected chi connectivity index (χ0v) is 23.2. The first-order chi connectivity index (χ1) is 17.3. The van der Waals surface area contributed by atoms with E-state index in [1.165, 1.54) is 0 Å². The Hall–Kier alpha value is -3.39. The summed E-state index contributed by atoms with van der Waals surface area (Å²) in [5.41, 5.74) is 3.37. The molecule has 1 saturated heterocycles. The predicted molar refractivity (Wildman–Crippen MR) is 144 cm³/mol. The van der Waals surface area contributed by atoms with Crippen molar-refractivity contribution in [3.05, 3.63) is 63.5 Å². The maximum Gasteiger partial charge on any atom is 0.355 e. The first-order valence-corrected chi connectivity index (χ1v) is 12.7. The number of H-pyrrole nitrogens is 1. The van der Waals surface area contributed by atoms with Gasteiger partial charge in [-0.1, -0.05) is 45.0 Å². The van der Waals surface area contributed by atoms with Crippen LogP contribution in [-0.2, 0) is 19.7 Å². The highest BCUT2D eigenvalue weighted by molar-refractivity contribution is 6.46. The number of ether oxygens (including phenoxy) is 1. The fraction of sp³-hybridized carbons (Fsp3) is 0.483. The quantitative estimate of drug-likeness (QED) is 0.235. The second-order valence-electron chi connectivity index (χ2n) is 10.9. The number of hydrogen-bond donors (Lipinski definition) is 2. The van der Waals surface area contributed by atoms with Crippen LogP contribution >= 0.6 is 0 Å². The molecule has 1 amide bonds. The smallest absolute Gasteiger partial charge is 0.355 e. The molecule has 1 fully saturated rings. The van der Waals surface area contributed by atoms with Crippen LogP contribution in [-0.4, -0.2) is 71.3 Å². The lowest BCUT2D eigenvalue weighted by Gasteiger charge is -2.27. The van der Waals surface area contributed by atoms with E-state index >= 15 is 0 Å². The summed E-state index contributed by atoms with van der Waals surface area (Å²) in [6.07, 6.45) is 0.672. The lowest BCUT2D eigenvalue weighted by Crippen LogP contribution is -2.32. The van der Waals surface area contributed by atoms with E-state index in [-0.39, 0.29) is 29.0 Å². The van der Waals surface area contributed by atoms with E-state index in [0.29, 0.717) is 29.8 Å². The first-order valence-electron chi connectivity index (χ1n) is 12.7. The molecule has 37 heavy (non-hydrogen) atoms. The molecule has 0 spiro atoms. The highest BCUT2D eigenvalue weighted by atomic mass is 16.5. The van der Waals surface area contributed by atoms with Gasteiger partial charge in [0.25, 0.3) is 11.7 Å². The number of aromatic amines is 1. The van der Waals surface area contributed by atoms with E-state index in [1.807, 2.05) is 43.3 Å². The third-order valence-corrected chi connectivity index (χ3v) is 6.79. The molecule has 0 saturated carbocycles. The van der Waals surface area contributed by atoms with Gasteiger partial charge < -0.3 is 24.6 Å². The number of esters is 1. The van der Waals surface area contributed by atoms with Crippen molar-refractivity contribution < 1.29 is 24.2 Å². The molecule has 0 radical (unpaired) electrons. The Morgan fingerprint density at radius 2 is 1.76 bits per heavy atom. The number of nitrogens with zero attached hydrogens (tertiary/aromatic N) is 2. The van der Waals surface area contributed by atoms with Gasteiger partial charge in [-0.05, 0) is 69.9 Å². The molecule has 2 heterocycles. The molecule has 3 rings (SSSR count). The van der Waals surface area contributed by atoms with Crippen LogP contribution in [0.1, 0.15) is 78.6 Å². The normalized spacial score (nSPS) is 17.6. The zero-order chi connectivity index (χ0) is 27.7. The number of aliphatic hydroxyl groups is 1. The number of aliphatic hydroxyl groups excluding tert-OH is 1. The Morgan fingerprint density at radius 3 is 2.30 bits per heavy atom. The van der Waals surface area contributed by atoms with Crippen LogP contribution in [0.15, 0.2) is 29.8 Å². The van der Waals surface area contributed by atoms with Crippen molar-refractivity contribution >= 4 is 23.4 Å². The van der Waals surface area contributed by atoms with Crippen LogP contribution < -0.4 is 0 Å². The monoisotopic (exact) mass is 509 g/mol. The van der Waals surface area contributed by atoms with E-state index in [9.17, 15) is 19.5 Å². The highest BCUT2D eigenvalue weighted by Crippen LogP contribution is 2.41. The lowest BCUT2D eigenvalue weighted by molar-refractivity contribution is -0.139. The number of nitrogens with one attached hydrogen (secondary N) is 1. The fourth-order valence-electron chi connectivity index (χ4n) is 4.83. The number of amides is 1. The minimum atomic E-state index is -0.740. The summed E-state index contributed by atoms with van der Waals surface area (Å²) in [4.78, 5) is 45.6. The van der Waals surface area contributed by atoms with Crippen LogP contribution in [0.3, 0.4) is 0 Å². The molecule has 1 aliphatic heterocycles. The Balaban J connectivity index is 2.17. The molecule has 0 aliphatic carbocycles. The van der Waals surface area contributed by atoms with Gasteiger partial charge in [0.05, 0.1) is 18.2 Å². The minimum absolute atomic E-state index is 0.0268. The van der Waals surface area contributed by atoms with Crippen LogP contribution in [0.5, 0.6) is 0 Å². The number of benzene rings is 1. The Morgan fingerprint density at radius 1 is 1.14 bits per heavy atom. The van der Waals surface area contributed by atoms with Crippen molar-refractivity contribution in [3.8, 4) is 0 Å². The number of carbonyl (C=O) groups is 3. The van der Waals surface area contributed by atoms with Gasteiger partial charge in [-0.2, -0.15) is 0 Å². The second kappa shape index (κ2) is 10.9. The topological polar surface area (TPSA) is 103 Å². The summed E-state index contributed by atoms with van der Waals surface area (Å²) in [5, 5.41) is 11.5. The maximum absolute atomic E-state index is 13.4. The average Bonchev–Trinajstić information content (AvgIpc) is 3.25. The number of hydrogen-bond acceptors (Lipinski definition) is 6. The number of rotatable bonds is 8. The number of carbonyl (C=O) groups excluding carboxylic acids is 3. The summed E-state index contributed by atoms with van der Waals surface area (Å²) in [6, 6.07) is 7.10. The van der Waals surface area contributed by atoms with Crippen molar-refractivity contribution in [1.82, 2.24) is 14.8 Å². The molecule has 1 atom stereocenters.